The zero-order valence-corrected chi connectivity index (χ0v) is 14.9. The first-order valence-corrected chi connectivity index (χ1v) is 8.65. The highest BCUT2D eigenvalue weighted by molar-refractivity contribution is 6.31. The number of carbonyl (C=O) groups excluding carboxylic acids is 1. The molecular weight excluding hydrogens is 362 g/mol. The lowest BCUT2D eigenvalue weighted by atomic mass is 10.1. The third-order valence-corrected chi connectivity index (χ3v) is 4.21. The highest BCUT2D eigenvalue weighted by atomic mass is 35.5. The number of nitrogens with zero attached hydrogens (tertiary/aromatic N) is 1. The van der Waals surface area contributed by atoms with E-state index in [2.05, 4.69) is 4.98 Å². The molecule has 132 valence electrons. The van der Waals surface area contributed by atoms with E-state index in [1.165, 1.54) is 6.08 Å². The van der Waals surface area contributed by atoms with Crippen molar-refractivity contribution < 1.29 is 13.9 Å². The van der Waals surface area contributed by atoms with Gasteiger partial charge in [0.05, 0.1) is 11.8 Å². The molecule has 0 aliphatic heterocycles. The molecule has 4 aromatic rings. The molecule has 0 amide bonds. The summed E-state index contributed by atoms with van der Waals surface area (Å²) in [6.07, 6.45) is 6.36. The Bertz CT molecular complexity index is 1120. The van der Waals surface area contributed by atoms with Gasteiger partial charge in [0, 0.05) is 22.2 Å². The Balaban J connectivity index is 1.52. The molecule has 0 bridgehead atoms. The quantitative estimate of drug-likeness (QED) is 0.309. The number of benzene rings is 2. The lowest BCUT2D eigenvalue weighted by molar-refractivity contribution is 0.104. The number of carbonyl (C=O) groups is 1. The van der Waals surface area contributed by atoms with Gasteiger partial charge in [0.2, 0.25) is 0 Å². The molecular formula is C22H14ClNO3. The van der Waals surface area contributed by atoms with E-state index in [1.807, 2.05) is 6.07 Å². The normalized spacial score (nSPS) is 11.1. The van der Waals surface area contributed by atoms with Gasteiger partial charge in [0.25, 0.3) is 0 Å². The summed E-state index contributed by atoms with van der Waals surface area (Å²) in [6, 6.07) is 17.8. The third kappa shape index (κ3) is 3.91. The summed E-state index contributed by atoms with van der Waals surface area (Å²) >= 11 is 6.01. The molecule has 0 saturated carbocycles. The van der Waals surface area contributed by atoms with Gasteiger partial charge in [0.15, 0.2) is 5.78 Å². The summed E-state index contributed by atoms with van der Waals surface area (Å²) < 4.78 is 11.1. The van der Waals surface area contributed by atoms with Gasteiger partial charge in [-0.25, -0.2) is 0 Å². The molecule has 2 aromatic heterocycles. The van der Waals surface area contributed by atoms with Crippen molar-refractivity contribution >= 4 is 34.4 Å². The number of furan rings is 1. The van der Waals surface area contributed by atoms with Crippen molar-refractivity contribution in [3.8, 4) is 11.5 Å². The SMILES string of the molecule is O=C(/C=C/c1ccco1)c1ccc(Oc2ccnc3cc(Cl)ccc23)cc1. The summed E-state index contributed by atoms with van der Waals surface area (Å²) in [5, 5.41) is 1.49. The number of fused-ring (bicyclic) bond motifs is 1. The van der Waals surface area contributed by atoms with Crippen LogP contribution in [0.5, 0.6) is 11.5 Å². The Labute approximate surface area is 160 Å². The second-order valence-corrected chi connectivity index (χ2v) is 6.25. The predicted octanol–water partition coefficient (Wildman–Crippen LogP) is 6.17. The smallest absolute Gasteiger partial charge is 0.185 e. The van der Waals surface area contributed by atoms with E-state index in [9.17, 15) is 4.79 Å². The molecule has 5 heteroatoms. The van der Waals surface area contributed by atoms with E-state index in [0.29, 0.717) is 27.8 Å². The predicted molar refractivity (Wildman–Crippen MR) is 105 cm³/mol. The maximum absolute atomic E-state index is 12.2. The molecule has 0 N–H and O–H groups in total. The number of ether oxygens (including phenoxy) is 1. The summed E-state index contributed by atoms with van der Waals surface area (Å²) in [6.45, 7) is 0. The first kappa shape index (κ1) is 17.1. The average molecular weight is 376 g/mol. The number of aromatic nitrogens is 1. The molecule has 0 aliphatic carbocycles. The molecule has 0 saturated heterocycles. The summed E-state index contributed by atoms with van der Waals surface area (Å²) in [4.78, 5) is 16.5. The van der Waals surface area contributed by atoms with E-state index >= 15 is 0 Å². The van der Waals surface area contributed by atoms with Crippen LogP contribution in [0.4, 0.5) is 0 Å². The van der Waals surface area contributed by atoms with Crippen LogP contribution in [0, 0.1) is 0 Å². The summed E-state index contributed by atoms with van der Waals surface area (Å²) in [7, 11) is 0. The lowest BCUT2D eigenvalue weighted by Crippen LogP contribution is -1.94. The number of hydrogen-bond donors (Lipinski definition) is 0. The zero-order valence-electron chi connectivity index (χ0n) is 14.1. The number of ketones is 1. The summed E-state index contributed by atoms with van der Waals surface area (Å²) in [5.41, 5.74) is 1.33. The second kappa shape index (κ2) is 7.48. The minimum atomic E-state index is -0.109. The average Bonchev–Trinajstić information content (AvgIpc) is 3.20. The first-order valence-electron chi connectivity index (χ1n) is 8.27. The Hall–Kier alpha value is -3.37. The van der Waals surface area contributed by atoms with E-state index in [0.717, 1.165) is 10.9 Å². The van der Waals surface area contributed by atoms with Gasteiger partial charge in [0.1, 0.15) is 17.3 Å². The fourth-order valence-electron chi connectivity index (χ4n) is 2.64. The number of pyridine rings is 1. The largest absolute Gasteiger partial charge is 0.465 e. The Kier molecular flexibility index (Phi) is 4.73. The van der Waals surface area contributed by atoms with Crippen molar-refractivity contribution in [1.29, 1.82) is 0 Å². The van der Waals surface area contributed by atoms with Gasteiger partial charge in [-0.1, -0.05) is 11.6 Å². The monoisotopic (exact) mass is 375 g/mol. The summed E-state index contributed by atoms with van der Waals surface area (Å²) in [5.74, 6) is 1.83. The van der Waals surface area contributed by atoms with Crippen molar-refractivity contribution in [3.63, 3.8) is 0 Å². The number of hydrogen-bond acceptors (Lipinski definition) is 4. The lowest BCUT2D eigenvalue weighted by Gasteiger charge is -2.09. The molecule has 2 aromatic carbocycles. The topological polar surface area (TPSA) is 52.3 Å². The standard InChI is InChI=1S/C22H14ClNO3/c23-16-5-9-19-20(14-16)24-12-11-22(19)27-18-6-3-15(4-7-18)21(25)10-8-17-2-1-13-26-17/h1-14H/b10-8+. The van der Waals surface area contributed by atoms with Crippen molar-refractivity contribution in [2.24, 2.45) is 0 Å². The fourth-order valence-corrected chi connectivity index (χ4v) is 2.80. The molecule has 4 nitrogen and oxygen atoms in total. The molecule has 0 radical (unpaired) electrons. The van der Waals surface area contributed by atoms with Crippen LogP contribution < -0.4 is 4.74 Å². The van der Waals surface area contributed by atoms with E-state index in [1.54, 1.807) is 73.1 Å². The van der Waals surface area contributed by atoms with Crippen LogP contribution in [0.1, 0.15) is 16.1 Å². The number of halogens is 1. The fraction of sp³-hybridized carbons (Fsp3) is 0. The van der Waals surface area contributed by atoms with Crippen LogP contribution in [-0.2, 0) is 0 Å². The van der Waals surface area contributed by atoms with E-state index in [4.69, 9.17) is 20.8 Å². The zero-order chi connectivity index (χ0) is 18.6. The minimum absolute atomic E-state index is 0.109. The number of rotatable bonds is 5. The van der Waals surface area contributed by atoms with Crippen LogP contribution in [0.15, 0.2) is 83.6 Å². The van der Waals surface area contributed by atoms with Crippen molar-refractivity contribution in [3.05, 3.63) is 95.5 Å². The highest BCUT2D eigenvalue weighted by Crippen LogP contribution is 2.30. The van der Waals surface area contributed by atoms with Crippen LogP contribution in [0.25, 0.3) is 17.0 Å². The molecule has 0 spiro atoms. The molecule has 0 fully saturated rings. The number of allylic oxidation sites excluding steroid dienone is 1. The minimum Gasteiger partial charge on any atom is -0.465 e. The van der Waals surface area contributed by atoms with Gasteiger partial charge in [-0.2, -0.15) is 0 Å². The van der Waals surface area contributed by atoms with Crippen molar-refractivity contribution in [2.75, 3.05) is 0 Å². The Morgan fingerprint density at radius 3 is 2.70 bits per heavy atom. The molecule has 4 rings (SSSR count). The maximum Gasteiger partial charge on any atom is 0.185 e. The van der Waals surface area contributed by atoms with Gasteiger partial charge < -0.3 is 9.15 Å². The van der Waals surface area contributed by atoms with Crippen LogP contribution in [0.2, 0.25) is 5.02 Å². The van der Waals surface area contributed by atoms with Crippen molar-refractivity contribution in [2.45, 2.75) is 0 Å². The molecule has 0 aliphatic rings. The van der Waals surface area contributed by atoms with Crippen molar-refractivity contribution in [1.82, 2.24) is 4.98 Å². The molecule has 27 heavy (non-hydrogen) atoms. The first-order chi connectivity index (χ1) is 13.2. The van der Waals surface area contributed by atoms with Gasteiger partial charge in [-0.15, -0.1) is 0 Å². The third-order valence-electron chi connectivity index (χ3n) is 3.97. The van der Waals surface area contributed by atoms with Crippen LogP contribution in [0.3, 0.4) is 0 Å². The molecule has 0 unspecified atom stereocenters. The molecule has 2 heterocycles. The van der Waals surface area contributed by atoms with E-state index in [-0.39, 0.29) is 5.78 Å². The van der Waals surface area contributed by atoms with Gasteiger partial charge in [-0.3, -0.25) is 9.78 Å². The Morgan fingerprint density at radius 1 is 1.07 bits per heavy atom. The van der Waals surface area contributed by atoms with Crippen LogP contribution >= 0.6 is 11.6 Å². The highest BCUT2D eigenvalue weighted by Gasteiger charge is 2.07. The van der Waals surface area contributed by atoms with Crippen LogP contribution in [-0.4, -0.2) is 10.8 Å². The van der Waals surface area contributed by atoms with Gasteiger partial charge >= 0.3 is 0 Å². The maximum atomic E-state index is 12.2. The second-order valence-electron chi connectivity index (χ2n) is 5.81. The molecule has 0 atom stereocenters. The van der Waals surface area contributed by atoms with Gasteiger partial charge in [-0.05, 0) is 72.8 Å². The van der Waals surface area contributed by atoms with E-state index < -0.39 is 0 Å². The Morgan fingerprint density at radius 2 is 1.93 bits per heavy atom.